The Morgan fingerprint density at radius 3 is 2.88 bits per heavy atom. The van der Waals surface area contributed by atoms with Gasteiger partial charge >= 0.3 is 0 Å². The van der Waals surface area contributed by atoms with Crippen molar-refractivity contribution < 1.29 is 9.53 Å². The summed E-state index contributed by atoms with van der Waals surface area (Å²) in [5, 5.41) is 1.02. The fourth-order valence-electron chi connectivity index (χ4n) is 3.25. The minimum atomic E-state index is -0.282. The van der Waals surface area contributed by atoms with Crippen molar-refractivity contribution >= 4 is 22.5 Å². The molecule has 2 aromatic heterocycles. The maximum atomic E-state index is 12.9. The molecule has 1 aliphatic heterocycles. The van der Waals surface area contributed by atoms with E-state index in [1.54, 1.807) is 17.0 Å². The third-order valence-corrected chi connectivity index (χ3v) is 4.50. The van der Waals surface area contributed by atoms with Gasteiger partial charge in [0, 0.05) is 23.3 Å². The molecular weight excluding hydrogens is 328 g/mol. The summed E-state index contributed by atoms with van der Waals surface area (Å²) in [6.07, 6.45) is -0.282. The lowest BCUT2D eigenvalue weighted by Crippen LogP contribution is -2.42. The van der Waals surface area contributed by atoms with E-state index in [1.807, 2.05) is 43.3 Å². The monoisotopic (exact) mass is 348 g/mol. The summed E-state index contributed by atoms with van der Waals surface area (Å²) in [7, 11) is 0. The van der Waals surface area contributed by atoms with Crippen LogP contribution < -0.4 is 5.73 Å². The fourth-order valence-corrected chi connectivity index (χ4v) is 3.25. The highest BCUT2D eigenvalue weighted by molar-refractivity contribution is 5.95. The van der Waals surface area contributed by atoms with E-state index >= 15 is 0 Å². The Morgan fingerprint density at radius 1 is 1.19 bits per heavy atom. The van der Waals surface area contributed by atoms with Crippen LogP contribution in [0.1, 0.15) is 28.0 Å². The predicted molar refractivity (Wildman–Crippen MR) is 99.7 cm³/mol. The molecule has 1 amide bonds. The first kappa shape index (κ1) is 16.5. The fraction of sp³-hybridized carbons (Fsp3) is 0.250. The normalized spacial score (nSPS) is 17.4. The SMILES string of the molecule is Cc1cc(N)cc([C@H]2CN(C(=O)c3ccc4ccccc4n3)CCO2)n1. The van der Waals surface area contributed by atoms with Crippen molar-refractivity contribution in [2.45, 2.75) is 13.0 Å². The summed E-state index contributed by atoms with van der Waals surface area (Å²) >= 11 is 0. The van der Waals surface area contributed by atoms with E-state index in [0.29, 0.717) is 31.1 Å². The molecule has 1 atom stereocenters. The van der Waals surface area contributed by atoms with Crippen LogP contribution in [0.3, 0.4) is 0 Å². The van der Waals surface area contributed by atoms with Gasteiger partial charge in [0.25, 0.3) is 5.91 Å². The molecule has 3 aromatic rings. The number of carbonyl (C=O) groups excluding carboxylic acids is 1. The molecule has 26 heavy (non-hydrogen) atoms. The van der Waals surface area contributed by atoms with Crippen LogP contribution in [0.5, 0.6) is 0 Å². The zero-order chi connectivity index (χ0) is 18.1. The minimum absolute atomic E-state index is 0.0929. The van der Waals surface area contributed by atoms with Gasteiger partial charge in [0.1, 0.15) is 11.8 Å². The smallest absolute Gasteiger partial charge is 0.272 e. The molecule has 3 heterocycles. The maximum absolute atomic E-state index is 12.9. The van der Waals surface area contributed by atoms with Gasteiger partial charge in [-0.05, 0) is 31.2 Å². The number of hydrogen-bond acceptors (Lipinski definition) is 5. The lowest BCUT2D eigenvalue weighted by atomic mass is 10.1. The van der Waals surface area contributed by atoms with Crippen LogP contribution in [0.4, 0.5) is 5.69 Å². The van der Waals surface area contributed by atoms with E-state index in [9.17, 15) is 4.79 Å². The average Bonchev–Trinajstić information content (AvgIpc) is 2.66. The number of nitrogens with zero attached hydrogens (tertiary/aromatic N) is 3. The molecule has 1 saturated heterocycles. The Bertz CT molecular complexity index is 953. The highest BCUT2D eigenvalue weighted by atomic mass is 16.5. The number of nitrogens with two attached hydrogens (primary N) is 1. The second-order valence-electron chi connectivity index (χ2n) is 6.47. The van der Waals surface area contributed by atoms with Gasteiger partial charge < -0.3 is 15.4 Å². The van der Waals surface area contributed by atoms with E-state index < -0.39 is 0 Å². The number of aromatic nitrogens is 2. The first-order chi connectivity index (χ1) is 12.6. The summed E-state index contributed by atoms with van der Waals surface area (Å²) < 4.78 is 5.83. The Kier molecular flexibility index (Phi) is 4.26. The number of amides is 1. The standard InChI is InChI=1S/C20H20N4O2/c1-13-10-15(21)11-18(22-13)19-12-24(8-9-26-19)20(25)17-7-6-14-4-2-3-5-16(14)23-17/h2-7,10-11,19H,8-9,12H2,1H3,(H2,21,22)/t19-/m1/s1. The summed E-state index contributed by atoms with van der Waals surface area (Å²) in [4.78, 5) is 23.7. The van der Waals surface area contributed by atoms with Crippen LogP contribution >= 0.6 is 0 Å². The first-order valence-corrected chi connectivity index (χ1v) is 8.61. The number of benzene rings is 1. The van der Waals surface area contributed by atoms with Gasteiger partial charge in [-0.2, -0.15) is 0 Å². The van der Waals surface area contributed by atoms with E-state index in [-0.39, 0.29) is 12.0 Å². The number of fused-ring (bicyclic) bond motifs is 1. The number of pyridine rings is 2. The number of nitrogen functional groups attached to an aromatic ring is 1. The van der Waals surface area contributed by atoms with Crippen LogP contribution in [0.15, 0.2) is 48.5 Å². The van der Waals surface area contributed by atoms with Crippen LogP contribution in [-0.2, 0) is 4.74 Å². The number of hydrogen-bond donors (Lipinski definition) is 1. The molecule has 1 fully saturated rings. The maximum Gasteiger partial charge on any atom is 0.272 e. The summed E-state index contributed by atoms with van der Waals surface area (Å²) in [6.45, 7) is 3.32. The van der Waals surface area contributed by atoms with Crippen molar-refractivity contribution in [1.82, 2.24) is 14.9 Å². The van der Waals surface area contributed by atoms with Gasteiger partial charge in [-0.25, -0.2) is 4.98 Å². The third kappa shape index (κ3) is 3.23. The molecule has 6 heteroatoms. The largest absolute Gasteiger partial charge is 0.399 e. The number of para-hydroxylation sites is 1. The number of morpholine rings is 1. The van der Waals surface area contributed by atoms with Crippen molar-refractivity contribution in [3.8, 4) is 0 Å². The molecule has 0 spiro atoms. The summed E-state index contributed by atoms with van der Waals surface area (Å²) in [6, 6.07) is 15.1. The molecule has 132 valence electrons. The van der Waals surface area contributed by atoms with Crippen molar-refractivity contribution in [3.05, 3.63) is 65.6 Å². The molecule has 1 aromatic carbocycles. The van der Waals surface area contributed by atoms with Gasteiger partial charge in [-0.15, -0.1) is 0 Å². The number of aryl methyl sites for hydroxylation is 1. The van der Waals surface area contributed by atoms with Gasteiger partial charge in [0.15, 0.2) is 0 Å². The number of anilines is 1. The van der Waals surface area contributed by atoms with Crippen molar-refractivity contribution in [2.75, 3.05) is 25.4 Å². The third-order valence-electron chi connectivity index (χ3n) is 4.50. The second kappa shape index (κ2) is 6.72. The molecule has 0 aliphatic carbocycles. The lowest BCUT2D eigenvalue weighted by Gasteiger charge is -2.32. The lowest BCUT2D eigenvalue weighted by molar-refractivity contribution is -0.0249. The molecule has 1 aliphatic rings. The highest BCUT2D eigenvalue weighted by Gasteiger charge is 2.28. The van der Waals surface area contributed by atoms with Crippen molar-refractivity contribution in [2.24, 2.45) is 0 Å². The zero-order valence-corrected chi connectivity index (χ0v) is 14.6. The van der Waals surface area contributed by atoms with Crippen molar-refractivity contribution in [1.29, 1.82) is 0 Å². The van der Waals surface area contributed by atoms with E-state index in [4.69, 9.17) is 10.5 Å². The molecule has 2 N–H and O–H groups in total. The zero-order valence-electron chi connectivity index (χ0n) is 14.6. The van der Waals surface area contributed by atoms with E-state index in [0.717, 1.165) is 22.3 Å². The number of rotatable bonds is 2. The number of carbonyl (C=O) groups is 1. The molecule has 0 saturated carbocycles. The Morgan fingerprint density at radius 2 is 2.04 bits per heavy atom. The molecular formula is C20H20N4O2. The Balaban J connectivity index is 1.57. The highest BCUT2D eigenvalue weighted by Crippen LogP contribution is 2.24. The van der Waals surface area contributed by atoms with Gasteiger partial charge in [0.2, 0.25) is 0 Å². The van der Waals surface area contributed by atoms with Crippen LogP contribution in [0.2, 0.25) is 0 Å². The predicted octanol–water partition coefficient (Wildman–Crippen LogP) is 2.73. The molecule has 0 unspecified atom stereocenters. The van der Waals surface area contributed by atoms with Gasteiger partial charge in [-0.3, -0.25) is 9.78 Å². The Labute approximate surface area is 151 Å². The Hall–Kier alpha value is -2.99. The van der Waals surface area contributed by atoms with Crippen LogP contribution in [0, 0.1) is 6.92 Å². The summed E-state index contributed by atoms with van der Waals surface area (Å²) in [5.41, 5.74) is 9.42. The molecule has 0 bridgehead atoms. The van der Waals surface area contributed by atoms with Crippen LogP contribution in [-0.4, -0.2) is 40.5 Å². The molecule has 0 radical (unpaired) electrons. The second-order valence-corrected chi connectivity index (χ2v) is 6.47. The topological polar surface area (TPSA) is 81.3 Å². The summed E-state index contributed by atoms with van der Waals surface area (Å²) in [5.74, 6) is -0.0929. The minimum Gasteiger partial charge on any atom is -0.399 e. The van der Waals surface area contributed by atoms with E-state index in [1.165, 1.54) is 0 Å². The quantitative estimate of drug-likeness (QED) is 0.770. The average molecular weight is 348 g/mol. The molecule has 6 nitrogen and oxygen atoms in total. The number of ether oxygens (including phenoxy) is 1. The van der Waals surface area contributed by atoms with Gasteiger partial charge in [-0.1, -0.05) is 24.3 Å². The van der Waals surface area contributed by atoms with Crippen LogP contribution in [0.25, 0.3) is 10.9 Å². The van der Waals surface area contributed by atoms with Crippen molar-refractivity contribution in [3.63, 3.8) is 0 Å². The van der Waals surface area contributed by atoms with Gasteiger partial charge in [0.05, 0.1) is 24.4 Å². The molecule has 4 rings (SSSR count). The first-order valence-electron chi connectivity index (χ1n) is 8.61. The van der Waals surface area contributed by atoms with E-state index in [2.05, 4.69) is 9.97 Å².